The van der Waals surface area contributed by atoms with Gasteiger partial charge in [0.1, 0.15) is 0 Å². The topological polar surface area (TPSA) is 60.9 Å². The van der Waals surface area contributed by atoms with Crippen LogP contribution in [-0.4, -0.2) is 85.8 Å². The molecule has 0 saturated carbocycles. The Balaban J connectivity index is 1.11. The van der Waals surface area contributed by atoms with Crippen LogP contribution in [0.15, 0.2) is 42.5 Å². The molecule has 0 unspecified atom stereocenters. The third-order valence-corrected chi connectivity index (χ3v) is 9.31. The molecule has 3 saturated heterocycles. The van der Waals surface area contributed by atoms with E-state index in [-0.39, 0.29) is 12.0 Å². The van der Waals surface area contributed by atoms with Crippen molar-refractivity contribution in [3.05, 3.63) is 48.0 Å². The molecule has 3 aliphatic heterocycles. The Kier molecular flexibility index (Phi) is 6.23. The number of sulfone groups is 1. The van der Waals surface area contributed by atoms with E-state index >= 15 is 0 Å². The SMILES string of the molecule is O=C(C1CCN([C@H]2CCS(=O)(=O)C2)CC1)N1CCN(Cc2cccc3ccccc23)CC1. The molecule has 0 aliphatic carbocycles. The summed E-state index contributed by atoms with van der Waals surface area (Å²) in [6.45, 7) is 6.03. The molecule has 0 N–H and O–H groups in total. The molecular weight excluding hydrogens is 422 g/mol. The summed E-state index contributed by atoms with van der Waals surface area (Å²) in [5.74, 6) is 1.01. The minimum atomic E-state index is -2.85. The van der Waals surface area contributed by atoms with Gasteiger partial charge >= 0.3 is 0 Å². The first-order chi connectivity index (χ1) is 15.5. The van der Waals surface area contributed by atoms with Gasteiger partial charge in [0.2, 0.25) is 5.91 Å². The van der Waals surface area contributed by atoms with Crippen LogP contribution in [0.25, 0.3) is 10.8 Å². The molecule has 0 spiro atoms. The van der Waals surface area contributed by atoms with Crippen LogP contribution >= 0.6 is 0 Å². The highest BCUT2D eigenvalue weighted by Crippen LogP contribution is 2.26. The predicted octanol–water partition coefficient (Wildman–Crippen LogP) is 2.38. The average Bonchev–Trinajstić information content (AvgIpc) is 3.19. The minimum Gasteiger partial charge on any atom is -0.340 e. The van der Waals surface area contributed by atoms with E-state index in [2.05, 4.69) is 57.2 Å². The molecule has 3 aliphatic rings. The Morgan fingerprint density at radius 2 is 1.59 bits per heavy atom. The zero-order valence-corrected chi connectivity index (χ0v) is 19.5. The number of hydrogen-bond donors (Lipinski definition) is 0. The van der Waals surface area contributed by atoms with Gasteiger partial charge in [0.15, 0.2) is 9.84 Å². The predicted molar refractivity (Wildman–Crippen MR) is 127 cm³/mol. The summed E-state index contributed by atoms with van der Waals surface area (Å²) in [6.07, 6.45) is 2.46. The van der Waals surface area contributed by atoms with Crippen LogP contribution in [0.4, 0.5) is 0 Å². The highest BCUT2D eigenvalue weighted by molar-refractivity contribution is 7.91. The van der Waals surface area contributed by atoms with Gasteiger partial charge in [0.25, 0.3) is 0 Å². The maximum absolute atomic E-state index is 13.1. The van der Waals surface area contributed by atoms with E-state index in [0.29, 0.717) is 17.4 Å². The van der Waals surface area contributed by atoms with Crippen LogP contribution in [0.2, 0.25) is 0 Å². The van der Waals surface area contributed by atoms with Gasteiger partial charge < -0.3 is 4.90 Å². The fraction of sp³-hybridized carbons (Fsp3) is 0.560. The third-order valence-electron chi connectivity index (χ3n) is 7.56. The van der Waals surface area contributed by atoms with Crippen molar-refractivity contribution in [1.82, 2.24) is 14.7 Å². The van der Waals surface area contributed by atoms with Crippen LogP contribution in [-0.2, 0) is 21.2 Å². The summed E-state index contributed by atoms with van der Waals surface area (Å²) >= 11 is 0. The molecule has 2 aromatic carbocycles. The number of hydrogen-bond acceptors (Lipinski definition) is 5. The zero-order valence-electron chi connectivity index (χ0n) is 18.7. The number of amides is 1. The van der Waals surface area contributed by atoms with E-state index in [1.165, 1.54) is 16.3 Å². The molecule has 172 valence electrons. The maximum Gasteiger partial charge on any atom is 0.225 e. The summed E-state index contributed by atoms with van der Waals surface area (Å²) in [7, 11) is -2.85. The Bertz CT molecular complexity index is 1070. The van der Waals surface area contributed by atoms with Gasteiger partial charge in [-0.2, -0.15) is 0 Å². The van der Waals surface area contributed by atoms with Crippen molar-refractivity contribution in [3.8, 4) is 0 Å². The van der Waals surface area contributed by atoms with Gasteiger partial charge in [0, 0.05) is 44.7 Å². The van der Waals surface area contributed by atoms with Crippen LogP contribution in [0.1, 0.15) is 24.8 Å². The molecule has 1 atom stereocenters. The van der Waals surface area contributed by atoms with Crippen molar-refractivity contribution in [2.75, 3.05) is 50.8 Å². The molecule has 0 aromatic heterocycles. The zero-order chi connectivity index (χ0) is 22.1. The lowest BCUT2D eigenvalue weighted by Gasteiger charge is -2.39. The minimum absolute atomic E-state index is 0.0916. The lowest BCUT2D eigenvalue weighted by Crippen LogP contribution is -2.52. The van der Waals surface area contributed by atoms with E-state index in [4.69, 9.17) is 0 Å². The number of nitrogens with zero attached hydrogens (tertiary/aromatic N) is 3. The van der Waals surface area contributed by atoms with Gasteiger partial charge in [-0.05, 0) is 48.7 Å². The smallest absolute Gasteiger partial charge is 0.225 e. The first kappa shape index (κ1) is 21.9. The van der Waals surface area contributed by atoms with Gasteiger partial charge in [-0.15, -0.1) is 0 Å². The molecule has 2 aromatic rings. The number of carbonyl (C=O) groups excluding carboxylic acids is 1. The van der Waals surface area contributed by atoms with Crippen LogP contribution in [0.5, 0.6) is 0 Å². The molecule has 3 fully saturated rings. The number of benzene rings is 2. The summed E-state index contributed by atoms with van der Waals surface area (Å²) in [5, 5.41) is 2.59. The van der Waals surface area contributed by atoms with Gasteiger partial charge in [-0.3, -0.25) is 14.6 Å². The van der Waals surface area contributed by atoms with E-state index in [9.17, 15) is 13.2 Å². The first-order valence-corrected chi connectivity index (χ1v) is 13.7. The van der Waals surface area contributed by atoms with E-state index < -0.39 is 9.84 Å². The van der Waals surface area contributed by atoms with Crippen LogP contribution in [0, 0.1) is 5.92 Å². The number of rotatable bonds is 4. The van der Waals surface area contributed by atoms with E-state index in [1.54, 1.807) is 0 Å². The normalized spacial score (nSPS) is 25.4. The molecule has 32 heavy (non-hydrogen) atoms. The number of carbonyl (C=O) groups is 1. The molecule has 0 radical (unpaired) electrons. The molecule has 1 amide bonds. The van der Waals surface area contributed by atoms with Crippen molar-refractivity contribution in [1.29, 1.82) is 0 Å². The fourth-order valence-electron chi connectivity index (χ4n) is 5.63. The molecule has 3 heterocycles. The highest BCUT2D eigenvalue weighted by atomic mass is 32.2. The number of likely N-dealkylation sites (tertiary alicyclic amines) is 1. The van der Waals surface area contributed by atoms with Crippen molar-refractivity contribution >= 4 is 26.5 Å². The first-order valence-electron chi connectivity index (χ1n) is 11.9. The second-order valence-electron chi connectivity index (χ2n) is 9.61. The molecule has 7 heteroatoms. The van der Waals surface area contributed by atoms with Gasteiger partial charge in [0.05, 0.1) is 11.5 Å². The molecule has 5 rings (SSSR count). The number of piperidine rings is 1. The number of fused-ring (bicyclic) bond motifs is 1. The summed E-state index contributed by atoms with van der Waals surface area (Å²) in [4.78, 5) is 19.9. The van der Waals surface area contributed by atoms with Gasteiger partial charge in [-0.1, -0.05) is 42.5 Å². The monoisotopic (exact) mass is 455 g/mol. The Hall–Kier alpha value is -1.96. The summed E-state index contributed by atoms with van der Waals surface area (Å²) < 4.78 is 23.6. The number of piperazine rings is 1. The summed E-state index contributed by atoms with van der Waals surface area (Å²) in [6, 6.07) is 15.2. The van der Waals surface area contributed by atoms with Gasteiger partial charge in [-0.25, -0.2) is 8.42 Å². The molecule has 6 nitrogen and oxygen atoms in total. The third kappa shape index (κ3) is 4.70. The Morgan fingerprint density at radius 1 is 0.875 bits per heavy atom. The average molecular weight is 456 g/mol. The largest absolute Gasteiger partial charge is 0.340 e. The van der Waals surface area contributed by atoms with Crippen molar-refractivity contribution in [2.45, 2.75) is 31.8 Å². The molecular formula is C25H33N3O3S. The second kappa shape index (κ2) is 9.12. The van der Waals surface area contributed by atoms with Crippen molar-refractivity contribution in [2.24, 2.45) is 5.92 Å². The van der Waals surface area contributed by atoms with E-state index in [0.717, 1.165) is 65.1 Å². The second-order valence-corrected chi connectivity index (χ2v) is 11.8. The van der Waals surface area contributed by atoms with Crippen LogP contribution in [0.3, 0.4) is 0 Å². The fourth-order valence-corrected chi connectivity index (χ4v) is 7.39. The quantitative estimate of drug-likeness (QED) is 0.709. The Morgan fingerprint density at radius 3 is 2.31 bits per heavy atom. The highest BCUT2D eigenvalue weighted by Gasteiger charge is 2.36. The Labute approximate surface area is 191 Å². The van der Waals surface area contributed by atoms with Crippen molar-refractivity contribution in [3.63, 3.8) is 0 Å². The summed E-state index contributed by atoms with van der Waals surface area (Å²) in [5.41, 5.74) is 1.35. The lowest BCUT2D eigenvalue weighted by atomic mass is 9.94. The van der Waals surface area contributed by atoms with E-state index in [1.807, 2.05) is 0 Å². The lowest BCUT2D eigenvalue weighted by molar-refractivity contribution is -0.139. The van der Waals surface area contributed by atoms with Crippen LogP contribution < -0.4 is 0 Å². The maximum atomic E-state index is 13.1. The van der Waals surface area contributed by atoms with Crippen molar-refractivity contribution < 1.29 is 13.2 Å². The molecule has 0 bridgehead atoms. The standard InChI is InChI=1S/C25H33N3O3S/c29-25(21-8-11-27(12-9-21)23-10-17-32(30,31)19-23)28-15-13-26(14-16-28)18-22-6-3-5-20-4-1-2-7-24(20)22/h1-7,21,23H,8-19H2/t23-/m0/s1.